The summed E-state index contributed by atoms with van der Waals surface area (Å²) < 4.78 is 11.4. The molecule has 1 heterocycles. The van der Waals surface area contributed by atoms with Gasteiger partial charge in [-0.3, -0.25) is 4.79 Å². The Morgan fingerprint density at radius 2 is 1.61 bits per heavy atom. The molecule has 5 rings (SSSR count). The highest BCUT2D eigenvalue weighted by molar-refractivity contribution is 7.99. The van der Waals surface area contributed by atoms with Crippen LogP contribution in [-0.2, 0) is 20.7 Å². The van der Waals surface area contributed by atoms with E-state index in [1.165, 1.54) is 7.11 Å². The number of nitriles is 1. The lowest BCUT2D eigenvalue weighted by atomic mass is 9.84. The number of ether oxygens (including phenoxy) is 2. The van der Waals surface area contributed by atoms with Gasteiger partial charge in [-0.15, -0.1) is 11.8 Å². The van der Waals surface area contributed by atoms with Gasteiger partial charge in [-0.2, -0.15) is 5.26 Å². The van der Waals surface area contributed by atoms with Crippen molar-refractivity contribution in [2.45, 2.75) is 41.9 Å². The minimum absolute atomic E-state index is 0.0165. The van der Waals surface area contributed by atoms with Gasteiger partial charge in [0.25, 0.3) is 0 Å². The second kappa shape index (κ2) is 16.6. The summed E-state index contributed by atoms with van der Waals surface area (Å²) in [6.07, 6.45) is 0.844. The summed E-state index contributed by atoms with van der Waals surface area (Å²) in [7, 11) is 1.29. The monoisotopic (exact) mass is 634 g/mol. The number of para-hydroxylation sites is 1. The molecule has 1 saturated heterocycles. The Balaban J connectivity index is 1.27. The van der Waals surface area contributed by atoms with E-state index in [0.29, 0.717) is 17.7 Å². The lowest BCUT2D eigenvalue weighted by Crippen LogP contribution is -2.48. The van der Waals surface area contributed by atoms with E-state index in [1.807, 2.05) is 103 Å². The van der Waals surface area contributed by atoms with E-state index in [9.17, 15) is 14.9 Å². The molecule has 0 radical (unpaired) electrons. The number of carbonyl (C=O) groups excluding carboxylic acids is 2. The van der Waals surface area contributed by atoms with Crippen molar-refractivity contribution in [3.8, 4) is 6.07 Å². The molecule has 0 bridgehead atoms. The summed E-state index contributed by atoms with van der Waals surface area (Å²) in [5.41, 5.74) is 4.12. The van der Waals surface area contributed by atoms with E-state index in [-0.39, 0.29) is 18.1 Å². The molecule has 0 unspecified atom stereocenters. The molecule has 46 heavy (non-hydrogen) atoms. The Morgan fingerprint density at radius 1 is 0.935 bits per heavy atom. The minimum Gasteiger partial charge on any atom is -0.453 e. The topological polar surface area (TPSA) is 112 Å². The fourth-order valence-electron chi connectivity index (χ4n) is 5.66. The molecule has 1 aliphatic rings. The Kier molecular flexibility index (Phi) is 11.8. The maximum absolute atomic E-state index is 14.0. The molecule has 0 aromatic heterocycles. The molecule has 9 heteroatoms. The van der Waals surface area contributed by atoms with E-state index in [4.69, 9.17) is 9.47 Å². The van der Waals surface area contributed by atoms with Crippen molar-refractivity contribution in [3.63, 3.8) is 0 Å². The maximum atomic E-state index is 14.0. The van der Waals surface area contributed by atoms with Crippen molar-refractivity contribution < 1.29 is 19.1 Å². The molecular weight excluding hydrogens is 596 g/mol. The van der Waals surface area contributed by atoms with Crippen LogP contribution in [-0.4, -0.2) is 56.2 Å². The van der Waals surface area contributed by atoms with Gasteiger partial charge < -0.3 is 25.4 Å². The first-order valence-electron chi connectivity index (χ1n) is 15.4. The molecule has 0 saturated carbocycles. The fraction of sp³-hybridized carbons (Fsp3) is 0.270. The number of morpholine rings is 1. The van der Waals surface area contributed by atoms with Crippen LogP contribution < -0.4 is 16.0 Å². The third-order valence-corrected chi connectivity index (χ3v) is 9.06. The first kappa shape index (κ1) is 32.8. The second-order valence-corrected chi connectivity index (χ2v) is 12.2. The molecule has 0 spiro atoms. The van der Waals surface area contributed by atoms with Crippen molar-refractivity contribution in [1.82, 2.24) is 10.6 Å². The predicted molar refractivity (Wildman–Crippen MR) is 181 cm³/mol. The molecule has 236 valence electrons. The molecule has 3 N–H and O–H groups in total. The minimum atomic E-state index is -0.941. The van der Waals surface area contributed by atoms with Crippen LogP contribution in [0.15, 0.2) is 114 Å². The number of nitrogens with zero attached hydrogens (tertiary/aromatic N) is 1. The average molecular weight is 635 g/mol. The van der Waals surface area contributed by atoms with Gasteiger partial charge in [-0.25, -0.2) is 4.79 Å². The van der Waals surface area contributed by atoms with Crippen molar-refractivity contribution in [2.24, 2.45) is 0 Å². The third-order valence-electron chi connectivity index (χ3n) is 7.93. The molecule has 4 aromatic rings. The van der Waals surface area contributed by atoms with Crippen molar-refractivity contribution in [2.75, 3.05) is 31.3 Å². The number of thioether (sulfide) groups is 1. The number of aryl methyl sites for hydroxylation is 1. The number of hydrogen-bond acceptors (Lipinski definition) is 7. The zero-order valence-electron chi connectivity index (χ0n) is 25.7. The van der Waals surface area contributed by atoms with Crippen LogP contribution >= 0.6 is 11.8 Å². The molecule has 0 aliphatic carbocycles. The number of nitrogens with one attached hydrogen (secondary N) is 3. The molecule has 4 aromatic carbocycles. The molecular formula is C37H38N4O4S. The molecule has 1 aliphatic heterocycles. The molecule has 8 nitrogen and oxygen atoms in total. The van der Waals surface area contributed by atoms with Gasteiger partial charge in [0.2, 0.25) is 5.91 Å². The number of amides is 2. The van der Waals surface area contributed by atoms with E-state index in [0.717, 1.165) is 46.8 Å². The van der Waals surface area contributed by atoms with E-state index in [1.54, 1.807) is 17.8 Å². The van der Waals surface area contributed by atoms with Crippen LogP contribution in [0, 0.1) is 11.3 Å². The van der Waals surface area contributed by atoms with Gasteiger partial charge >= 0.3 is 6.09 Å². The van der Waals surface area contributed by atoms with Crippen molar-refractivity contribution in [3.05, 3.63) is 131 Å². The van der Waals surface area contributed by atoms with Crippen LogP contribution in [0.4, 0.5) is 10.5 Å². The standard InChI is InChI=1S/C37H38N4O4S/c1-44-37(43)41-35(34(28-13-4-2-5-14-28)29-15-6-3-7-16-29)36(42)40-33-18-9-8-12-27(33)19-20-30-23-39-24-31(45-30)25-46-32-17-10-11-26(21-32)22-38/h2-18,21,30-31,34-35,39H,19-20,23-25H2,1H3,(H,40,42)(H,41,43)/t30-,31+,35+/m1/s1. The number of benzene rings is 4. The molecule has 1 fully saturated rings. The van der Waals surface area contributed by atoms with Crippen LogP contribution in [0.5, 0.6) is 0 Å². The van der Waals surface area contributed by atoms with Gasteiger partial charge in [0.15, 0.2) is 0 Å². The summed E-state index contributed by atoms with van der Waals surface area (Å²) in [6, 6.07) is 36.0. The van der Waals surface area contributed by atoms with Crippen LogP contribution in [0.25, 0.3) is 0 Å². The van der Waals surface area contributed by atoms with Crippen LogP contribution in [0.2, 0.25) is 0 Å². The van der Waals surface area contributed by atoms with Crippen LogP contribution in [0.1, 0.15) is 34.6 Å². The summed E-state index contributed by atoms with van der Waals surface area (Å²) >= 11 is 1.69. The first-order chi connectivity index (χ1) is 22.5. The quantitative estimate of drug-likeness (QED) is 0.161. The SMILES string of the molecule is COC(=O)N[C@H](C(=O)Nc1ccccc1CC[C@@H]1CNC[C@@H](CSc2cccc(C#N)c2)O1)C(c1ccccc1)c1ccccc1. The zero-order valence-corrected chi connectivity index (χ0v) is 26.5. The zero-order chi connectivity index (χ0) is 32.1. The number of anilines is 1. The Labute approximate surface area is 274 Å². The van der Waals surface area contributed by atoms with E-state index < -0.39 is 18.1 Å². The third kappa shape index (κ3) is 8.98. The average Bonchev–Trinajstić information content (AvgIpc) is 3.11. The summed E-state index contributed by atoms with van der Waals surface area (Å²) in [5.74, 6) is -0.0138. The lowest BCUT2D eigenvalue weighted by Gasteiger charge is -2.31. The predicted octanol–water partition coefficient (Wildman–Crippen LogP) is 6.14. The Hall–Kier alpha value is -4.62. The smallest absolute Gasteiger partial charge is 0.407 e. The number of carbonyl (C=O) groups is 2. The number of rotatable bonds is 12. The number of methoxy groups -OCH3 is 1. The fourth-order valence-corrected chi connectivity index (χ4v) is 6.62. The molecule has 3 atom stereocenters. The number of hydrogen-bond donors (Lipinski definition) is 3. The van der Waals surface area contributed by atoms with E-state index >= 15 is 0 Å². The van der Waals surface area contributed by atoms with Gasteiger partial charge in [0, 0.05) is 35.3 Å². The van der Waals surface area contributed by atoms with Gasteiger partial charge in [0.1, 0.15) is 6.04 Å². The number of alkyl carbamates (subject to hydrolysis) is 1. The Bertz CT molecular complexity index is 1590. The highest BCUT2D eigenvalue weighted by Gasteiger charge is 2.33. The lowest BCUT2D eigenvalue weighted by molar-refractivity contribution is -0.118. The van der Waals surface area contributed by atoms with Crippen molar-refractivity contribution in [1.29, 1.82) is 5.26 Å². The Morgan fingerprint density at radius 3 is 2.30 bits per heavy atom. The van der Waals surface area contributed by atoms with E-state index in [2.05, 4.69) is 22.0 Å². The van der Waals surface area contributed by atoms with Gasteiger partial charge in [-0.1, -0.05) is 84.9 Å². The van der Waals surface area contributed by atoms with Crippen LogP contribution in [0.3, 0.4) is 0 Å². The molecule has 2 amide bonds. The summed E-state index contributed by atoms with van der Waals surface area (Å²) in [5, 5.41) is 18.6. The summed E-state index contributed by atoms with van der Waals surface area (Å²) in [6.45, 7) is 1.52. The highest BCUT2D eigenvalue weighted by Crippen LogP contribution is 2.30. The largest absolute Gasteiger partial charge is 0.453 e. The summed E-state index contributed by atoms with van der Waals surface area (Å²) in [4.78, 5) is 27.6. The maximum Gasteiger partial charge on any atom is 0.407 e. The normalized spacial score (nSPS) is 16.6. The van der Waals surface area contributed by atoms with Gasteiger partial charge in [-0.05, 0) is 53.8 Å². The highest BCUT2D eigenvalue weighted by atomic mass is 32.2. The van der Waals surface area contributed by atoms with Gasteiger partial charge in [0.05, 0.1) is 31.0 Å². The second-order valence-electron chi connectivity index (χ2n) is 11.1. The van der Waals surface area contributed by atoms with Crippen molar-refractivity contribution >= 4 is 29.4 Å². The first-order valence-corrected chi connectivity index (χ1v) is 16.3.